The molecule has 0 spiro atoms. The number of nitrogens with one attached hydrogen (secondary N) is 1. The maximum atomic E-state index is 13.8. The maximum absolute atomic E-state index is 13.8. The van der Waals surface area contributed by atoms with E-state index in [1.165, 1.54) is 6.07 Å². The number of aryl methyl sites for hydroxylation is 1. The molecular formula is C13H15Br2FN4. The van der Waals surface area contributed by atoms with Crippen LogP contribution in [0.3, 0.4) is 0 Å². The van der Waals surface area contributed by atoms with Crippen LogP contribution in [0.2, 0.25) is 0 Å². The molecule has 108 valence electrons. The number of halogens is 3. The lowest BCUT2D eigenvalue weighted by Crippen LogP contribution is -2.26. The van der Waals surface area contributed by atoms with E-state index < -0.39 is 0 Å². The van der Waals surface area contributed by atoms with Crippen LogP contribution in [0.4, 0.5) is 4.39 Å². The van der Waals surface area contributed by atoms with Crippen molar-refractivity contribution in [2.24, 2.45) is 7.05 Å². The Balaban J connectivity index is 2.50. The Kier molecular flexibility index (Phi) is 5.29. The highest BCUT2D eigenvalue weighted by Crippen LogP contribution is 2.32. The van der Waals surface area contributed by atoms with Crippen LogP contribution in [0.25, 0.3) is 0 Å². The van der Waals surface area contributed by atoms with Crippen molar-refractivity contribution in [3.63, 3.8) is 0 Å². The summed E-state index contributed by atoms with van der Waals surface area (Å²) in [6.45, 7) is 2.90. The van der Waals surface area contributed by atoms with Gasteiger partial charge in [0, 0.05) is 7.05 Å². The van der Waals surface area contributed by atoms with Crippen LogP contribution >= 0.6 is 31.9 Å². The molecule has 0 aliphatic heterocycles. The summed E-state index contributed by atoms with van der Waals surface area (Å²) in [6.07, 6.45) is 0.979. The van der Waals surface area contributed by atoms with Gasteiger partial charge < -0.3 is 5.32 Å². The van der Waals surface area contributed by atoms with Crippen molar-refractivity contribution in [1.82, 2.24) is 20.3 Å². The molecule has 0 radical (unpaired) electrons. The topological polar surface area (TPSA) is 42.7 Å². The molecule has 20 heavy (non-hydrogen) atoms. The lowest BCUT2D eigenvalue weighted by molar-refractivity contribution is 0.541. The van der Waals surface area contributed by atoms with Crippen molar-refractivity contribution in [2.45, 2.75) is 19.4 Å². The summed E-state index contributed by atoms with van der Waals surface area (Å²) >= 11 is 6.73. The molecule has 1 unspecified atom stereocenters. The van der Waals surface area contributed by atoms with Gasteiger partial charge in [0.05, 0.1) is 16.2 Å². The predicted molar refractivity (Wildman–Crippen MR) is 82.9 cm³/mol. The first-order chi connectivity index (χ1) is 9.56. The van der Waals surface area contributed by atoms with Crippen LogP contribution in [-0.4, -0.2) is 21.5 Å². The van der Waals surface area contributed by atoms with E-state index in [0.29, 0.717) is 9.08 Å². The van der Waals surface area contributed by atoms with E-state index in [4.69, 9.17) is 0 Å². The fourth-order valence-electron chi connectivity index (χ4n) is 2.03. The van der Waals surface area contributed by atoms with Crippen LogP contribution in [-0.2, 0) is 7.05 Å². The number of hydrogen-bond acceptors (Lipinski definition) is 3. The predicted octanol–water partition coefficient (Wildman–Crippen LogP) is 3.57. The van der Waals surface area contributed by atoms with Crippen LogP contribution in [0.1, 0.15) is 30.6 Å². The highest BCUT2D eigenvalue weighted by Gasteiger charge is 2.24. The molecule has 2 rings (SSSR count). The third kappa shape index (κ3) is 3.10. The fraction of sp³-hybridized carbons (Fsp3) is 0.385. The Hall–Kier alpha value is -0.790. The van der Waals surface area contributed by atoms with Crippen LogP contribution in [0, 0.1) is 5.82 Å². The summed E-state index contributed by atoms with van der Waals surface area (Å²) in [5.41, 5.74) is 1.69. The molecule has 1 aromatic carbocycles. The van der Waals surface area contributed by atoms with E-state index in [0.717, 1.165) is 24.2 Å². The number of hydrogen-bond donors (Lipinski definition) is 1. The largest absolute Gasteiger partial charge is 0.305 e. The monoisotopic (exact) mass is 404 g/mol. The van der Waals surface area contributed by atoms with Gasteiger partial charge in [-0.3, -0.25) is 0 Å². The Labute approximate surface area is 134 Å². The van der Waals surface area contributed by atoms with Crippen LogP contribution < -0.4 is 5.32 Å². The van der Waals surface area contributed by atoms with Gasteiger partial charge >= 0.3 is 0 Å². The Morgan fingerprint density at radius 3 is 2.75 bits per heavy atom. The molecule has 0 bridgehead atoms. The summed E-state index contributed by atoms with van der Waals surface area (Å²) < 4.78 is 16.6. The van der Waals surface area contributed by atoms with E-state index >= 15 is 0 Å². The number of rotatable bonds is 5. The van der Waals surface area contributed by atoms with Crippen molar-refractivity contribution in [3.05, 3.63) is 44.3 Å². The van der Waals surface area contributed by atoms with Gasteiger partial charge in [0.15, 0.2) is 4.60 Å². The number of aromatic nitrogens is 3. The summed E-state index contributed by atoms with van der Waals surface area (Å²) in [5.74, 6) is -0.281. The van der Waals surface area contributed by atoms with Gasteiger partial charge in [-0.1, -0.05) is 24.3 Å². The molecular weight excluding hydrogens is 391 g/mol. The first-order valence-corrected chi connectivity index (χ1v) is 7.87. The zero-order valence-corrected chi connectivity index (χ0v) is 14.4. The summed E-state index contributed by atoms with van der Waals surface area (Å²) in [4.78, 5) is 0. The molecule has 7 heteroatoms. The molecule has 1 atom stereocenters. The van der Waals surface area contributed by atoms with Gasteiger partial charge in [0.1, 0.15) is 5.82 Å². The van der Waals surface area contributed by atoms with Crippen LogP contribution in [0.5, 0.6) is 0 Å². The molecule has 0 aliphatic rings. The third-order valence-electron chi connectivity index (χ3n) is 2.99. The molecule has 1 N–H and O–H groups in total. The molecule has 4 nitrogen and oxygen atoms in total. The van der Waals surface area contributed by atoms with E-state index in [1.54, 1.807) is 10.7 Å². The highest BCUT2D eigenvalue weighted by molar-refractivity contribution is 9.10. The third-order valence-corrected chi connectivity index (χ3v) is 4.39. The first kappa shape index (κ1) is 15.6. The standard InChI is InChI=1S/C13H15Br2FN4/c1-3-7-17-11(12-13(15)18-19-20(12)2)8-5-4-6-9(16)10(8)14/h4-6,11,17H,3,7H2,1-2H3. The quantitative estimate of drug-likeness (QED) is 0.826. The molecule has 0 saturated carbocycles. The second kappa shape index (κ2) is 6.78. The Bertz CT molecular complexity index is 581. The minimum absolute atomic E-state index is 0.186. The highest BCUT2D eigenvalue weighted by atomic mass is 79.9. The molecule has 0 saturated heterocycles. The van der Waals surface area contributed by atoms with Crippen molar-refractivity contribution >= 4 is 31.9 Å². The van der Waals surface area contributed by atoms with E-state index in [9.17, 15) is 4.39 Å². The molecule has 0 amide bonds. The fourth-order valence-corrected chi connectivity index (χ4v) is 3.08. The minimum atomic E-state index is -0.281. The second-order valence-electron chi connectivity index (χ2n) is 4.42. The summed E-state index contributed by atoms with van der Waals surface area (Å²) in [5, 5.41) is 11.4. The smallest absolute Gasteiger partial charge is 0.153 e. The van der Waals surface area contributed by atoms with E-state index in [-0.39, 0.29) is 11.9 Å². The number of nitrogens with zero attached hydrogens (tertiary/aromatic N) is 3. The van der Waals surface area contributed by atoms with Gasteiger partial charge in [-0.2, -0.15) is 0 Å². The zero-order chi connectivity index (χ0) is 14.7. The lowest BCUT2D eigenvalue weighted by Gasteiger charge is -2.20. The van der Waals surface area contributed by atoms with Crippen molar-refractivity contribution < 1.29 is 4.39 Å². The normalized spacial score (nSPS) is 12.7. The van der Waals surface area contributed by atoms with E-state index in [2.05, 4.69) is 54.4 Å². The Morgan fingerprint density at radius 1 is 1.40 bits per heavy atom. The SMILES string of the molecule is CCCNC(c1cccc(F)c1Br)c1c(Br)nnn1C. The average molecular weight is 406 g/mol. The van der Waals surface area contributed by atoms with Gasteiger partial charge in [-0.25, -0.2) is 9.07 Å². The summed E-state index contributed by atoms with van der Waals surface area (Å²) in [6, 6.07) is 4.84. The van der Waals surface area contributed by atoms with Crippen molar-refractivity contribution in [2.75, 3.05) is 6.54 Å². The Morgan fingerprint density at radius 2 is 2.15 bits per heavy atom. The average Bonchev–Trinajstić information content (AvgIpc) is 2.75. The zero-order valence-electron chi connectivity index (χ0n) is 11.2. The van der Waals surface area contributed by atoms with Crippen LogP contribution in [0.15, 0.2) is 27.3 Å². The van der Waals surface area contributed by atoms with Gasteiger partial charge in [-0.15, -0.1) is 5.10 Å². The van der Waals surface area contributed by atoms with E-state index in [1.807, 2.05) is 13.1 Å². The number of benzene rings is 1. The molecule has 1 aromatic heterocycles. The summed E-state index contributed by atoms with van der Waals surface area (Å²) in [7, 11) is 1.82. The lowest BCUT2D eigenvalue weighted by atomic mass is 10.0. The molecule has 0 fully saturated rings. The second-order valence-corrected chi connectivity index (χ2v) is 5.96. The molecule has 2 aromatic rings. The van der Waals surface area contributed by atoms with Crippen molar-refractivity contribution in [1.29, 1.82) is 0 Å². The van der Waals surface area contributed by atoms with Gasteiger partial charge in [0.25, 0.3) is 0 Å². The molecule has 1 heterocycles. The van der Waals surface area contributed by atoms with Gasteiger partial charge in [0.2, 0.25) is 0 Å². The van der Waals surface area contributed by atoms with Gasteiger partial charge in [-0.05, 0) is 56.5 Å². The molecule has 0 aliphatic carbocycles. The first-order valence-electron chi connectivity index (χ1n) is 6.28. The minimum Gasteiger partial charge on any atom is -0.305 e. The maximum Gasteiger partial charge on any atom is 0.153 e. The van der Waals surface area contributed by atoms with Crippen molar-refractivity contribution in [3.8, 4) is 0 Å².